The number of aryl methyl sites for hydroxylation is 1. The Bertz CT molecular complexity index is 967. The van der Waals surface area contributed by atoms with Crippen molar-refractivity contribution >= 4 is 10.9 Å². The van der Waals surface area contributed by atoms with E-state index in [1.54, 1.807) is 0 Å². The first-order chi connectivity index (χ1) is 11.3. The highest BCUT2D eigenvalue weighted by molar-refractivity contribution is 5.94. The fraction of sp³-hybridized carbons (Fsp3) is 0.105. The Labute approximate surface area is 134 Å². The Morgan fingerprint density at radius 3 is 2.48 bits per heavy atom. The maximum Gasteiger partial charge on any atom is 0.102 e. The molecule has 0 atom stereocenters. The van der Waals surface area contributed by atoms with Crippen molar-refractivity contribution in [3.05, 3.63) is 72.6 Å². The van der Waals surface area contributed by atoms with E-state index >= 15 is 0 Å². The van der Waals surface area contributed by atoms with Gasteiger partial charge in [-0.3, -0.25) is 0 Å². The molecule has 0 fully saturated rings. The molecule has 0 spiro atoms. The lowest BCUT2D eigenvalue weighted by atomic mass is 10.1. The number of rotatable bonds is 3. The summed E-state index contributed by atoms with van der Waals surface area (Å²) in [6.45, 7) is 0.0217. The van der Waals surface area contributed by atoms with Crippen LogP contribution in [0.25, 0.3) is 27.8 Å². The van der Waals surface area contributed by atoms with Gasteiger partial charge in [-0.2, -0.15) is 5.10 Å². The fourth-order valence-corrected chi connectivity index (χ4v) is 2.94. The third kappa shape index (κ3) is 2.24. The van der Waals surface area contributed by atoms with E-state index in [9.17, 15) is 5.11 Å². The molecule has 4 nitrogen and oxygen atoms in total. The van der Waals surface area contributed by atoms with Crippen LogP contribution < -0.4 is 0 Å². The fourth-order valence-electron chi connectivity index (χ4n) is 2.94. The standard InChI is InChI=1S/C19H17N3O/c1-21-12-14(11-16(21)13-23)19-17-9-5-6-10-18(17)22(20-19)15-7-3-2-4-8-15/h2-12,23H,13H2,1H3. The summed E-state index contributed by atoms with van der Waals surface area (Å²) in [4.78, 5) is 0. The van der Waals surface area contributed by atoms with Gasteiger partial charge in [-0.05, 0) is 24.3 Å². The maximum absolute atomic E-state index is 9.43. The van der Waals surface area contributed by atoms with Crippen molar-refractivity contribution in [3.8, 4) is 16.9 Å². The number of benzene rings is 2. The van der Waals surface area contributed by atoms with Gasteiger partial charge in [-0.15, -0.1) is 0 Å². The molecule has 1 N–H and O–H groups in total. The van der Waals surface area contributed by atoms with Crippen molar-refractivity contribution in [2.75, 3.05) is 0 Å². The van der Waals surface area contributed by atoms with Crippen LogP contribution in [0.3, 0.4) is 0 Å². The molecule has 2 aromatic carbocycles. The lowest BCUT2D eigenvalue weighted by molar-refractivity contribution is 0.273. The predicted octanol–water partition coefficient (Wildman–Crippen LogP) is 3.52. The van der Waals surface area contributed by atoms with E-state index in [4.69, 9.17) is 5.10 Å². The smallest absolute Gasteiger partial charge is 0.102 e. The zero-order chi connectivity index (χ0) is 15.8. The molecule has 2 aromatic heterocycles. The minimum atomic E-state index is 0.0217. The molecule has 0 saturated heterocycles. The highest BCUT2D eigenvalue weighted by atomic mass is 16.3. The van der Waals surface area contributed by atoms with Crippen LogP contribution in [-0.2, 0) is 13.7 Å². The second-order valence-corrected chi connectivity index (χ2v) is 5.60. The van der Waals surface area contributed by atoms with Crippen molar-refractivity contribution in [1.29, 1.82) is 0 Å². The first-order valence-corrected chi connectivity index (χ1v) is 7.57. The van der Waals surface area contributed by atoms with Crippen molar-refractivity contribution < 1.29 is 5.11 Å². The van der Waals surface area contributed by atoms with Gasteiger partial charge in [-0.25, -0.2) is 4.68 Å². The average molecular weight is 303 g/mol. The van der Waals surface area contributed by atoms with E-state index in [2.05, 4.69) is 12.1 Å². The largest absolute Gasteiger partial charge is 0.390 e. The van der Waals surface area contributed by atoms with Crippen LogP contribution >= 0.6 is 0 Å². The molecule has 0 aliphatic carbocycles. The highest BCUT2D eigenvalue weighted by Crippen LogP contribution is 2.30. The Kier molecular flexibility index (Phi) is 3.24. The minimum Gasteiger partial charge on any atom is -0.390 e. The molecule has 0 aliphatic rings. The summed E-state index contributed by atoms with van der Waals surface area (Å²) in [6, 6.07) is 20.3. The number of nitrogens with zero attached hydrogens (tertiary/aromatic N) is 3. The molecule has 0 radical (unpaired) electrons. The number of para-hydroxylation sites is 2. The molecule has 114 valence electrons. The molecule has 2 heterocycles. The molecule has 0 aliphatic heterocycles. The number of hydrogen-bond acceptors (Lipinski definition) is 2. The van der Waals surface area contributed by atoms with Crippen LogP contribution in [0.15, 0.2) is 66.9 Å². The van der Waals surface area contributed by atoms with E-state index in [-0.39, 0.29) is 6.61 Å². The van der Waals surface area contributed by atoms with Crippen molar-refractivity contribution in [2.24, 2.45) is 7.05 Å². The van der Waals surface area contributed by atoms with Gasteiger partial charge < -0.3 is 9.67 Å². The number of aliphatic hydroxyl groups is 1. The topological polar surface area (TPSA) is 43.0 Å². The summed E-state index contributed by atoms with van der Waals surface area (Å²) in [5.74, 6) is 0. The van der Waals surface area contributed by atoms with Gasteiger partial charge in [0.25, 0.3) is 0 Å². The maximum atomic E-state index is 9.43. The molecule has 4 heteroatoms. The summed E-state index contributed by atoms with van der Waals surface area (Å²) < 4.78 is 3.90. The van der Waals surface area contributed by atoms with Crippen molar-refractivity contribution in [3.63, 3.8) is 0 Å². The van der Waals surface area contributed by atoms with Gasteiger partial charge in [0.1, 0.15) is 5.69 Å². The number of hydrogen-bond donors (Lipinski definition) is 1. The molecule has 0 saturated carbocycles. The third-order valence-electron chi connectivity index (χ3n) is 4.13. The van der Waals surface area contributed by atoms with Crippen molar-refractivity contribution in [2.45, 2.75) is 6.61 Å². The summed E-state index contributed by atoms with van der Waals surface area (Å²) in [7, 11) is 1.94. The van der Waals surface area contributed by atoms with Gasteiger partial charge >= 0.3 is 0 Å². The summed E-state index contributed by atoms with van der Waals surface area (Å²) in [5.41, 5.74) is 4.93. The molecule has 0 bridgehead atoms. The number of aliphatic hydroxyl groups excluding tert-OH is 1. The quantitative estimate of drug-likeness (QED) is 0.629. The predicted molar refractivity (Wildman–Crippen MR) is 91.4 cm³/mol. The monoisotopic (exact) mass is 303 g/mol. The first kappa shape index (κ1) is 13.8. The summed E-state index contributed by atoms with van der Waals surface area (Å²) in [5, 5.41) is 15.4. The van der Waals surface area contributed by atoms with Crippen LogP contribution in [0.5, 0.6) is 0 Å². The molecule has 23 heavy (non-hydrogen) atoms. The summed E-state index contributed by atoms with van der Waals surface area (Å²) >= 11 is 0. The molecular formula is C19H17N3O. The van der Waals surface area contributed by atoms with Gasteiger partial charge in [0.2, 0.25) is 0 Å². The Morgan fingerprint density at radius 1 is 1.00 bits per heavy atom. The second-order valence-electron chi connectivity index (χ2n) is 5.60. The average Bonchev–Trinajstić information content (AvgIpc) is 3.16. The lowest BCUT2D eigenvalue weighted by Gasteiger charge is -2.02. The lowest BCUT2D eigenvalue weighted by Crippen LogP contribution is -1.95. The zero-order valence-corrected chi connectivity index (χ0v) is 12.8. The van der Waals surface area contributed by atoms with E-state index in [0.717, 1.165) is 33.5 Å². The van der Waals surface area contributed by atoms with Gasteiger partial charge in [0.05, 0.1) is 17.8 Å². The number of aromatic nitrogens is 3. The van der Waals surface area contributed by atoms with E-state index < -0.39 is 0 Å². The molecule has 0 amide bonds. The van der Waals surface area contributed by atoms with E-state index in [1.807, 2.05) is 71.0 Å². The molecule has 0 unspecified atom stereocenters. The van der Waals surface area contributed by atoms with E-state index in [1.165, 1.54) is 0 Å². The highest BCUT2D eigenvalue weighted by Gasteiger charge is 2.15. The third-order valence-corrected chi connectivity index (χ3v) is 4.13. The van der Waals surface area contributed by atoms with Crippen LogP contribution in [0.1, 0.15) is 5.69 Å². The molecular weight excluding hydrogens is 286 g/mol. The van der Waals surface area contributed by atoms with Crippen LogP contribution in [0, 0.1) is 0 Å². The van der Waals surface area contributed by atoms with E-state index in [0.29, 0.717) is 0 Å². The second kappa shape index (κ2) is 5.41. The Hall–Kier alpha value is -2.85. The summed E-state index contributed by atoms with van der Waals surface area (Å²) in [6.07, 6.45) is 2.01. The first-order valence-electron chi connectivity index (χ1n) is 7.57. The van der Waals surface area contributed by atoms with Gasteiger partial charge in [0.15, 0.2) is 0 Å². The SMILES string of the molecule is Cn1cc(-c2nn(-c3ccccc3)c3ccccc23)cc1CO. The number of fused-ring (bicyclic) bond motifs is 1. The van der Waals surface area contributed by atoms with Crippen LogP contribution in [0.4, 0.5) is 0 Å². The van der Waals surface area contributed by atoms with Gasteiger partial charge in [-0.1, -0.05) is 36.4 Å². The van der Waals surface area contributed by atoms with Crippen LogP contribution in [-0.4, -0.2) is 19.5 Å². The molecule has 4 aromatic rings. The minimum absolute atomic E-state index is 0.0217. The Morgan fingerprint density at radius 2 is 1.74 bits per heavy atom. The van der Waals surface area contributed by atoms with Crippen LogP contribution in [0.2, 0.25) is 0 Å². The molecule has 4 rings (SSSR count). The Balaban J connectivity index is 1.97. The normalized spacial score (nSPS) is 11.2. The van der Waals surface area contributed by atoms with Gasteiger partial charge in [0, 0.05) is 29.9 Å². The zero-order valence-electron chi connectivity index (χ0n) is 12.8. The van der Waals surface area contributed by atoms with Crippen molar-refractivity contribution in [1.82, 2.24) is 14.3 Å².